The van der Waals surface area contributed by atoms with Gasteiger partial charge in [-0.05, 0) is 12.8 Å². The number of amides is 2. The van der Waals surface area contributed by atoms with E-state index in [0.29, 0.717) is 18.3 Å². The van der Waals surface area contributed by atoms with Crippen LogP contribution in [0, 0.1) is 5.92 Å². The van der Waals surface area contributed by atoms with Crippen molar-refractivity contribution in [1.29, 1.82) is 0 Å². The highest BCUT2D eigenvalue weighted by Crippen LogP contribution is 2.29. The van der Waals surface area contributed by atoms with Gasteiger partial charge in [-0.25, -0.2) is 4.98 Å². The lowest BCUT2D eigenvalue weighted by Gasteiger charge is -2.43. The molecule has 1 aliphatic carbocycles. The molecule has 0 bridgehead atoms. The van der Waals surface area contributed by atoms with Gasteiger partial charge in [0.05, 0.1) is 30.9 Å². The Morgan fingerprint density at radius 2 is 2.21 bits per heavy atom. The third kappa shape index (κ3) is 3.95. The number of rotatable bonds is 4. The van der Waals surface area contributed by atoms with Gasteiger partial charge in [-0.2, -0.15) is 0 Å². The lowest BCUT2D eigenvalue weighted by Crippen LogP contribution is -2.55. The van der Waals surface area contributed by atoms with Crippen molar-refractivity contribution in [2.24, 2.45) is 5.92 Å². The third-order valence-corrected chi connectivity index (χ3v) is 5.50. The number of ether oxygens (including phenoxy) is 1. The molecule has 7 heteroatoms. The maximum absolute atomic E-state index is 12.7. The van der Waals surface area contributed by atoms with Crippen LogP contribution in [0.4, 0.5) is 5.13 Å². The summed E-state index contributed by atoms with van der Waals surface area (Å²) in [5, 5.41) is 5.20. The lowest BCUT2D eigenvalue weighted by molar-refractivity contribution is -0.148. The van der Waals surface area contributed by atoms with Crippen LogP contribution >= 0.6 is 11.3 Å². The fourth-order valence-corrected chi connectivity index (χ4v) is 4.07. The molecular weight excluding hydrogens is 326 g/mol. The zero-order valence-corrected chi connectivity index (χ0v) is 15.1. The predicted octanol–water partition coefficient (Wildman–Crippen LogP) is 2.45. The first-order valence-corrected chi connectivity index (χ1v) is 9.59. The molecule has 3 rings (SSSR count). The maximum atomic E-state index is 12.7. The summed E-state index contributed by atoms with van der Waals surface area (Å²) in [4.78, 5) is 30.8. The van der Waals surface area contributed by atoms with E-state index in [1.165, 1.54) is 17.8 Å². The van der Waals surface area contributed by atoms with Crippen LogP contribution in [-0.4, -0.2) is 47.0 Å². The summed E-state index contributed by atoms with van der Waals surface area (Å²) in [6.45, 7) is 4.97. The third-order valence-electron chi connectivity index (χ3n) is 4.69. The molecule has 1 saturated carbocycles. The maximum Gasteiger partial charge on any atom is 0.229 e. The summed E-state index contributed by atoms with van der Waals surface area (Å²) in [5.41, 5.74) is 0.725. The summed E-state index contributed by atoms with van der Waals surface area (Å²) in [6, 6.07) is 0.221. The van der Waals surface area contributed by atoms with Crippen molar-refractivity contribution in [1.82, 2.24) is 9.88 Å². The summed E-state index contributed by atoms with van der Waals surface area (Å²) in [6.07, 6.45) is 4.93. The Bertz CT molecular complexity index is 600. The number of hydrogen-bond donors (Lipinski definition) is 1. The zero-order chi connectivity index (χ0) is 17.1. The second kappa shape index (κ2) is 7.61. The van der Waals surface area contributed by atoms with Crippen LogP contribution in [0.1, 0.15) is 45.2 Å². The molecule has 2 atom stereocenters. The van der Waals surface area contributed by atoms with Crippen molar-refractivity contribution in [2.75, 3.05) is 18.5 Å². The zero-order valence-electron chi connectivity index (χ0n) is 14.3. The van der Waals surface area contributed by atoms with Crippen LogP contribution < -0.4 is 5.32 Å². The first-order valence-electron chi connectivity index (χ1n) is 8.71. The molecule has 1 saturated heterocycles. The number of carbonyl (C=O) groups excluding carboxylic acids is 2. The van der Waals surface area contributed by atoms with Crippen molar-refractivity contribution < 1.29 is 14.3 Å². The average Bonchev–Trinajstić information content (AvgIpc) is 3.01. The minimum absolute atomic E-state index is 0.0551. The van der Waals surface area contributed by atoms with E-state index < -0.39 is 0 Å². The quantitative estimate of drug-likeness (QED) is 0.904. The Morgan fingerprint density at radius 1 is 1.42 bits per heavy atom. The summed E-state index contributed by atoms with van der Waals surface area (Å²) >= 11 is 1.37. The Morgan fingerprint density at radius 3 is 3.00 bits per heavy atom. The Hall–Kier alpha value is -1.47. The van der Waals surface area contributed by atoms with Gasteiger partial charge in [-0.15, -0.1) is 11.3 Å². The molecule has 132 valence electrons. The summed E-state index contributed by atoms with van der Waals surface area (Å²) in [5.74, 6) is -0.0294. The van der Waals surface area contributed by atoms with E-state index in [9.17, 15) is 9.59 Å². The number of fused-ring (bicyclic) bond motifs is 1. The number of thiazole rings is 1. The monoisotopic (exact) mass is 351 g/mol. The lowest BCUT2D eigenvalue weighted by atomic mass is 9.90. The first-order chi connectivity index (χ1) is 11.5. The van der Waals surface area contributed by atoms with Crippen molar-refractivity contribution >= 4 is 28.3 Å². The fourth-order valence-electron chi connectivity index (χ4n) is 3.36. The number of nitrogens with zero attached hydrogens (tertiary/aromatic N) is 2. The number of hydrogen-bond acceptors (Lipinski definition) is 5. The molecule has 1 aliphatic heterocycles. The van der Waals surface area contributed by atoms with Crippen molar-refractivity contribution in [2.45, 2.75) is 58.1 Å². The predicted molar refractivity (Wildman–Crippen MR) is 93.0 cm³/mol. The Kier molecular flexibility index (Phi) is 5.50. The molecule has 2 fully saturated rings. The number of nitrogens with one attached hydrogen (secondary N) is 1. The summed E-state index contributed by atoms with van der Waals surface area (Å²) < 4.78 is 5.83. The second-order valence-corrected chi connectivity index (χ2v) is 7.67. The van der Waals surface area contributed by atoms with Gasteiger partial charge in [0, 0.05) is 17.8 Å². The highest BCUT2D eigenvalue weighted by Gasteiger charge is 2.36. The molecule has 2 aliphatic rings. The van der Waals surface area contributed by atoms with Crippen LogP contribution in [-0.2, 0) is 20.7 Å². The van der Waals surface area contributed by atoms with Gasteiger partial charge < -0.3 is 15.0 Å². The minimum atomic E-state index is -0.0874. The van der Waals surface area contributed by atoms with Gasteiger partial charge in [0.25, 0.3) is 0 Å². The van der Waals surface area contributed by atoms with E-state index in [1.54, 1.807) is 0 Å². The van der Waals surface area contributed by atoms with Gasteiger partial charge in [0.2, 0.25) is 11.8 Å². The smallest absolute Gasteiger partial charge is 0.229 e. The molecule has 1 aromatic rings. The molecule has 0 spiro atoms. The van der Waals surface area contributed by atoms with Gasteiger partial charge >= 0.3 is 0 Å². The highest BCUT2D eigenvalue weighted by atomic mass is 32.1. The van der Waals surface area contributed by atoms with Crippen LogP contribution in [0.25, 0.3) is 0 Å². The van der Waals surface area contributed by atoms with Gasteiger partial charge in [0.1, 0.15) is 0 Å². The number of aromatic nitrogens is 1. The van der Waals surface area contributed by atoms with E-state index in [1.807, 2.05) is 24.1 Å². The number of carbonyl (C=O) groups is 2. The van der Waals surface area contributed by atoms with Crippen molar-refractivity contribution in [3.05, 3.63) is 11.1 Å². The van der Waals surface area contributed by atoms with Crippen molar-refractivity contribution in [3.63, 3.8) is 0 Å². The van der Waals surface area contributed by atoms with E-state index in [0.717, 1.165) is 25.0 Å². The Balaban J connectivity index is 1.60. The SMILES string of the molecule is CC(C)C(=O)Nc1nc(CC(=O)N2CCOC3CCCCC32)cs1. The van der Waals surface area contributed by atoms with Gasteiger partial charge in [0.15, 0.2) is 5.13 Å². The van der Waals surface area contributed by atoms with Crippen LogP contribution in [0.2, 0.25) is 0 Å². The molecule has 24 heavy (non-hydrogen) atoms. The average molecular weight is 351 g/mol. The van der Waals surface area contributed by atoms with Crippen LogP contribution in [0.5, 0.6) is 0 Å². The molecule has 2 amide bonds. The Labute approximate surface area is 146 Å². The largest absolute Gasteiger partial charge is 0.374 e. The summed E-state index contributed by atoms with van der Waals surface area (Å²) in [7, 11) is 0. The van der Waals surface area contributed by atoms with E-state index in [-0.39, 0.29) is 36.3 Å². The molecule has 1 N–H and O–H groups in total. The van der Waals surface area contributed by atoms with E-state index in [4.69, 9.17) is 4.74 Å². The van der Waals surface area contributed by atoms with Crippen LogP contribution in [0.3, 0.4) is 0 Å². The van der Waals surface area contributed by atoms with Crippen LogP contribution in [0.15, 0.2) is 5.38 Å². The topological polar surface area (TPSA) is 71.5 Å². The first kappa shape index (κ1) is 17.4. The van der Waals surface area contributed by atoms with E-state index >= 15 is 0 Å². The molecule has 1 aromatic heterocycles. The van der Waals surface area contributed by atoms with Crippen molar-refractivity contribution in [3.8, 4) is 0 Å². The normalized spacial score (nSPS) is 23.9. The van der Waals surface area contributed by atoms with Gasteiger partial charge in [-0.1, -0.05) is 26.7 Å². The number of morpholine rings is 1. The fraction of sp³-hybridized carbons (Fsp3) is 0.706. The molecule has 6 nitrogen and oxygen atoms in total. The molecular formula is C17H25N3O3S. The number of anilines is 1. The standard InChI is InChI=1S/C17H25N3O3S/c1-11(2)16(22)19-17-18-12(10-24-17)9-15(21)20-7-8-23-14-6-4-3-5-13(14)20/h10-11,13-14H,3-9H2,1-2H3,(H,18,19,22). The highest BCUT2D eigenvalue weighted by molar-refractivity contribution is 7.13. The molecule has 2 heterocycles. The second-order valence-electron chi connectivity index (χ2n) is 6.81. The van der Waals surface area contributed by atoms with E-state index in [2.05, 4.69) is 10.3 Å². The molecule has 0 aromatic carbocycles. The molecule has 0 radical (unpaired) electrons. The van der Waals surface area contributed by atoms with Gasteiger partial charge in [-0.3, -0.25) is 9.59 Å². The minimum Gasteiger partial charge on any atom is -0.374 e. The molecule has 2 unspecified atom stereocenters.